The Bertz CT molecular complexity index is 597. The molecule has 2 aromatic rings. The molecule has 0 saturated heterocycles. The van der Waals surface area contributed by atoms with E-state index in [2.05, 4.69) is 15.1 Å². The minimum Gasteiger partial charge on any atom is -0.398 e. The fourth-order valence-electron chi connectivity index (χ4n) is 1.63. The third-order valence-electron chi connectivity index (χ3n) is 2.59. The summed E-state index contributed by atoms with van der Waals surface area (Å²) < 4.78 is 0. The monoisotopic (exact) mass is 275 g/mol. The van der Waals surface area contributed by atoms with Crippen molar-refractivity contribution in [3.05, 3.63) is 47.4 Å². The number of benzene rings is 1. The summed E-state index contributed by atoms with van der Waals surface area (Å²) >= 11 is 5.97. The second kappa shape index (κ2) is 5.67. The standard InChI is InChI=1S/C13H14ClN5/c1-9(11-7-10(14)3-4-12(11)15)18-19(2)13-8-16-5-6-17-13/h3-8H,15H2,1-2H3/b18-9+. The van der Waals surface area contributed by atoms with Crippen LogP contribution in [0.3, 0.4) is 0 Å². The van der Waals surface area contributed by atoms with Crippen molar-refractivity contribution in [3.8, 4) is 0 Å². The molecule has 0 saturated carbocycles. The van der Waals surface area contributed by atoms with E-state index in [1.165, 1.54) is 0 Å². The van der Waals surface area contributed by atoms with Crippen LogP contribution in [-0.2, 0) is 0 Å². The Balaban J connectivity index is 2.30. The van der Waals surface area contributed by atoms with Crippen LogP contribution < -0.4 is 10.7 Å². The van der Waals surface area contributed by atoms with Gasteiger partial charge in [0.05, 0.1) is 11.9 Å². The van der Waals surface area contributed by atoms with Gasteiger partial charge >= 0.3 is 0 Å². The maximum absolute atomic E-state index is 5.97. The number of nitrogens with zero attached hydrogens (tertiary/aromatic N) is 4. The predicted molar refractivity (Wildman–Crippen MR) is 78.5 cm³/mol. The van der Waals surface area contributed by atoms with Crippen LogP contribution in [0.5, 0.6) is 0 Å². The van der Waals surface area contributed by atoms with Crippen molar-refractivity contribution in [3.63, 3.8) is 0 Å². The number of rotatable bonds is 3. The molecule has 1 heterocycles. The second-order valence-corrected chi connectivity index (χ2v) is 4.44. The number of hydrogen-bond acceptors (Lipinski definition) is 5. The van der Waals surface area contributed by atoms with Crippen LogP contribution in [0, 0.1) is 0 Å². The topological polar surface area (TPSA) is 67.4 Å². The molecule has 0 unspecified atom stereocenters. The van der Waals surface area contributed by atoms with Crippen molar-refractivity contribution in [1.29, 1.82) is 0 Å². The summed E-state index contributed by atoms with van der Waals surface area (Å²) in [4.78, 5) is 8.16. The normalized spacial score (nSPS) is 11.4. The molecule has 2 rings (SSSR count). The molecular weight excluding hydrogens is 262 g/mol. The van der Waals surface area contributed by atoms with Gasteiger partial charge in [0.15, 0.2) is 5.82 Å². The van der Waals surface area contributed by atoms with Crippen LogP contribution in [0.15, 0.2) is 41.9 Å². The maximum Gasteiger partial charge on any atom is 0.167 e. The molecule has 0 aliphatic carbocycles. The average Bonchev–Trinajstić information content (AvgIpc) is 2.42. The highest BCUT2D eigenvalue weighted by Crippen LogP contribution is 2.19. The molecule has 0 atom stereocenters. The number of anilines is 2. The van der Waals surface area contributed by atoms with Gasteiger partial charge in [-0.1, -0.05) is 11.6 Å². The van der Waals surface area contributed by atoms with Crippen molar-refractivity contribution in [1.82, 2.24) is 9.97 Å². The molecule has 0 bridgehead atoms. The van der Waals surface area contributed by atoms with Gasteiger partial charge in [-0.3, -0.25) is 4.98 Å². The summed E-state index contributed by atoms with van der Waals surface area (Å²) in [6, 6.07) is 5.30. The molecule has 2 N–H and O–H groups in total. The Labute approximate surface area is 116 Å². The largest absolute Gasteiger partial charge is 0.398 e. The molecule has 98 valence electrons. The van der Waals surface area contributed by atoms with Crippen LogP contribution in [0.25, 0.3) is 0 Å². The first-order valence-electron chi connectivity index (χ1n) is 5.68. The zero-order valence-corrected chi connectivity index (χ0v) is 11.5. The molecule has 1 aromatic heterocycles. The molecule has 1 aromatic carbocycles. The van der Waals surface area contributed by atoms with Crippen LogP contribution in [-0.4, -0.2) is 22.7 Å². The summed E-state index contributed by atoms with van der Waals surface area (Å²) in [6.07, 6.45) is 4.87. The van der Waals surface area contributed by atoms with Gasteiger partial charge < -0.3 is 5.73 Å². The highest BCUT2D eigenvalue weighted by Gasteiger charge is 2.06. The van der Waals surface area contributed by atoms with E-state index in [1.807, 2.05) is 6.92 Å². The lowest BCUT2D eigenvalue weighted by Crippen LogP contribution is -2.14. The fourth-order valence-corrected chi connectivity index (χ4v) is 1.80. The Morgan fingerprint density at radius 3 is 2.84 bits per heavy atom. The average molecular weight is 276 g/mol. The molecule has 0 fully saturated rings. The molecule has 5 nitrogen and oxygen atoms in total. The Kier molecular flexibility index (Phi) is 3.97. The molecule has 6 heteroatoms. The van der Waals surface area contributed by atoms with Crippen molar-refractivity contribution in [2.45, 2.75) is 6.92 Å². The van der Waals surface area contributed by atoms with Gasteiger partial charge in [-0.25, -0.2) is 9.99 Å². The molecule has 0 aliphatic rings. The van der Waals surface area contributed by atoms with Crippen molar-refractivity contribution in [2.75, 3.05) is 17.8 Å². The van der Waals surface area contributed by atoms with E-state index in [9.17, 15) is 0 Å². The SMILES string of the molecule is C/C(=N\N(C)c1cnccn1)c1cc(Cl)ccc1N. The van der Waals surface area contributed by atoms with Crippen molar-refractivity contribution in [2.24, 2.45) is 5.10 Å². The van der Waals surface area contributed by atoms with Crippen LogP contribution in [0.4, 0.5) is 11.5 Å². The number of hydrogen-bond donors (Lipinski definition) is 1. The van der Waals surface area contributed by atoms with Gasteiger partial charge in [0.1, 0.15) is 0 Å². The summed E-state index contributed by atoms with van der Waals surface area (Å²) in [5, 5.41) is 6.70. The van der Waals surface area contributed by atoms with E-state index < -0.39 is 0 Å². The van der Waals surface area contributed by atoms with Gasteiger partial charge in [0, 0.05) is 35.7 Å². The quantitative estimate of drug-likeness (QED) is 0.531. The number of hydrazone groups is 1. The van der Waals surface area contributed by atoms with Crippen molar-refractivity contribution >= 4 is 28.8 Å². The van der Waals surface area contributed by atoms with E-state index in [0.717, 1.165) is 11.3 Å². The van der Waals surface area contributed by atoms with E-state index >= 15 is 0 Å². The zero-order chi connectivity index (χ0) is 13.8. The molecular formula is C13H14ClN5. The third-order valence-corrected chi connectivity index (χ3v) is 2.82. The first-order chi connectivity index (χ1) is 9.08. The smallest absolute Gasteiger partial charge is 0.167 e. The van der Waals surface area contributed by atoms with Crippen LogP contribution in [0.1, 0.15) is 12.5 Å². The highest BCUT2D eigenvalue weighted by atomic mass is 35.5. The van der Waals surface area contributed by atoms with E-state index in [0.29, 0.717) is 16.5 Å². The molecule has 0 aliphatic heterocycles. The lowest BCUT2D eigenvalue weighted by atomic mass is 10.1. The van der Waals surface area contributed by atoms with Crippen LogP contribution in [0.2, 0.25) is 5.02 Å². The first-order valence-corrected chi connectivity index (χ1v) is 6.06. The fraction of sp³-hybridized carbons (Fsp3) is 0.154. The Morgan fingerprint density at radius 1 is 1.37 bits per heavy atom. The number of nitrogens with two attached hydrogens (primary N) is 1. The van der Waals surface area contributed by atoms with Crippen LogP contribution >= 0.6 is 11.6 Å². The maximum atomic E-state index is 5.97. The summed E-state index contributed by atoms with van der Waals surface area (Å²) in [7, 11) is 1.80. The third kappa shape index (κ3) is 3.20. The Hall–Kier alpha value is -2.14. The first kappa shape index (κ1) is 13.3. The summed E-state index contributed by atoms with van der Waals surface area (Å²) in [5.41, 5.74) is 8.12. The highest BCUT2D eigenvalue weighted by molar-refractivity contribution is 6.31. The number of nitrogen functional groups attached to an aromatic ring is 1. The predicted octanol–water partition coefficient (Wildman–Crippen LogP) is 2.57. The van der Waals surface area contributed by atoms with Gasteiger partial charge in [-0.2, -0.15) is 5.10 Å². The van der Waals surface area contributed by atoms with E-state index in [1.54, 1.807) is 48.8 Å². The number of halogens is 1. The molecule has 19 heavy (non-hydrogen) atoms. The Morgan fingerprint density at radius 2 is 2.16 bits per heavy atom. The molecule has 0 amide bonds. The minimum atomic E-state index is 0.626. The number of aromatic nitrogens is 2. The van der Waals surface area contributed by atoms with Gasteiger partial charge in [0.25, 0.3) is 0 Å². The van der Waals surface area contributed by atoms with E-state index in [-0.39, 0.29) is 0 Å². The van der Waals surface area contributed by atoms with Gasteiger partial charge in [0.2, 0.25) is 0 Å². The molecule has 0 spiro atoms. The van der Waals surface area contributed by atoms with Gasteiger partial charge in [-0.15, -0.1) is 0 Å². The zero-order valence-electron chi connectivity index (χ0n) is 10.7. The van der Waals surface area contributed by atoms with Gasteiger partial charge in [-0.05, 0) is 25.1 Å². The summed E-state index contributed by atoms with van der Waals surface area (Å²) in [6.45, 7) is 1.87. The van der Waals surface area contributed by atoms with E-state index in [4.69, 9.17) is 17.3 Å². The van der Waals surface area contributed by atoms with Crippen molar-refractivity contribution < 1.29 is 0 Å². The minimum absolute atomic E-state index is 0.626. The second-order valence-electron chi connectivity index (χ2n) is 4.00. The lowest BCUT2D eigenvalue weighted by molar-refractivity contribution is 0.961. The lowest BCUT2D eigenvalue weighted by Gasteiger charge is -2.13. The summed E-state index contributed by atoms with van der Waals surface area (Å²) in [5.74, 6) is 0.655. The molecule has 0 radical (unpaired) electrons.